The first kappa shape index (κ1) is 13.3. The van der Waals surface area contributed by atoms with Gasteiger partial charge in [-0.15, -0.1) is 0 Å². The molecule has 0 saturated heterocycles. The van der Waals surface area contributed by atoms with Gasteiger partial charge in [0.05, 0.1) is 12.8 Å². The molecule has 0 aliphatic heterocycles. The summed E-state index contributed by atoms with van der Waals surface area (Å²) in [7, 11) is 1.41. The number of rotatable bonds is 4. The molecule has 0 spiro atoms. The minimum absolute atomic E-state index is 0.184. The van der Waals surface area contributed by atoms with E-state index in [0.29, 0.717) is 11.3 Å². The van der Waals surface area contributed by atoms with Gasteiger partial charge in [-0.1, -0.05) is 18.2 Å². The highest BCUT2D eigenvalue weighted by Gasteiger charge is 2.09. The van der Waals surface area contributed by atoms with Gasteiger partial charge in [-0.05, 0) is 30.7 Å². The number of halogens is 2. The first-order chi connectivity index (χ1) is 9.11. The van der Waals surface area contributed by atoms with Gasteiger partial charge in [0, 0.05) is 12.1 Å². The molecular weight excluding hydrogens is 248 g/mol. The molecule has 2 rings (SSSR count). The third kappa shape index (κ3) is 3.02. The number of hydrogen-bond donors (Lipinski definition) is 1. The molecule has 0 saturated carbocycles. The summed E-state index contributed by atoms with van der Waals surface area (Å²) in [4.78, 5) is 0. The Morgan fingerprint density at radius 2 is 1.95 bits per heavy atom. The molecule has 19 heavy (non-hydrogen) atoms. The number of benzene rings is 2. The summed E-state index contributed by atoms with van der Waals surface area (Å²) < 4.78 is 32.3. The van der Waals surface area contributed by atoms with E-state index in [-0.39, 0.29) is 18.1 Å². The molecule has 0 aromatic heterocycles. The van der Waals surface area contributed by atoms with E-state index in [4.69, 9.17) is 4.74 Å². The summed E-state index contributed by atoms with van der Waals surface area (Å²) in [6.07, 6.45) is 0. The maximum atomic E-state index is 13.9. The van der Waals surface area contributed by atoms with Crippen LogP contribution in [0.1, 0.15) is 11.1 Å². The zero-order valence-corrected chi connectivity index (χ0v) is 10.8. The van der Waals surface area contributed by atoms with Gasteiger partial charge < -0.3 is 10.1 Å². The van der Waals surface area contributed by atoms with Crippen molar-refractivity contribution in [3.8, 4) is 5.75 Å². The second-order valence-electron chi connectivity index (χ2n) is 4.27. The molecule has 1 N–H and O–H groups in total. The molecule has 4 heteroatoms. The summed E-state index contributed by atoms with van der Waals surface area (Å²) in [5.41, 5.74) is 1.73. The molecule has 0 fully saturated rings. The Bertz CT molecular complexity index is 584. The summed E-state index contributed by atoms with van der Waals surface area (Å²) >= 11 is 0. The summed E-state index contributed by atoms with van der Waals surface area (Å²) in [6.45, 7) is 2.07. The Morgan fingerprint density at radius 3 is 2.68 bits per heavy atom. The van der Waals surface area contributed by atoms with Gasteiger partial charge in [0.15, 0.2) is 11.6 Å². The summed E-state index contributed by atoms with van der Waals surface area (Å²) in [6, 6.07) is 9.65. The molecule has 0 aliphatic carbocycles. The van der Waals surface area contributed by atoms with E-state index >= 15 is 0 Å². The van der Waals surface area contributed by atoms with Crippen LogP contribution in [0.15, 0.2) is 36.4 Å². The third-order valence-corrected chi connectivity index (χ3v) is 2.85. The maximum absolute atomic E-state index is 13.9. The normalized spacial score (nSPS) is 10.3. The van der Waals surface area contributed by atoms with Gasteiger partial charge >= 0.3 is 0 Å². The van der Waals surface area contributed by atoms with Crippen LogP contribution in [0.5, 0.6) is 5.75 Å². The van der Waals surface area contributed by atoms with Crippen LogP contribution in [0.4, 0.5) is 14.5 Å². The summed E-state index contributed by atoms with van der Waals surface area (Å²) in [5, 5.41) is 2.89. The van der Waals surface area contributed by atoms with Crippen LogP contribution >= 0.6 is 0 Å². The van der Waals surface area contributed by atoms with Crippen LogP contribution in [0.2, 0.25) is 0 Å². The molecular formula is C15H15F2NO. The smallest absolute Gasteiger partial charge is 0.170 e. The SMILES string of the molecule is COc1cccc(CNc2cc(C)ccc2F)c1F. The van der Waals surface area contributed by atoms with Gasteiger partial charge in [-0.3, -0.25) is 0 Å². The molecule has 100 valence electrons. The summed E-state index contributed by atoms with van der Waals surface area (Å²) in [5.74, 6) is -0.594. The van der Waals surface area contributed by atoms with Crippen molar-refractivity contribution in [2.45, 2.75) is 13.5 Å². The number of anilines is 1. The molecule has 0 atom stereocenters. The first-order valence-corrected chi connectivity index (χ1v) is 5.93. The predicted molar refractivity (Wildman–Crippen MR) is 71.4 cm³/mol. The first-order valence-electron chi connectivity index (χ1n) is 5.93. The van der Waals surface area contributed by atoms with E-state index in [2.05, 4.69) is 5.32 Å². The standard InChI is InChI=1S/C15H15F2NO/c1-10-6-7-12(16)13(8-10)18-9-11-4-3-5-14(19-2)15(11)17/h3-8,18H,9H2,1-2H3. The van der Waals surface area contributed by atoms with Crippen LogP contribution in [-0.4, -0.2) is 7.11 Å². The molecule has 0 radical (unpaired) electrons. The quantitative estimate of drug-likeness (QED) is 0.903. The van der Waals surface area contributed by atoms with Gasteiger partial charge in [0.25, 0.3) is 0 Å². The van der Waals surface area contributed by atoms with Crippen molar-refractivity contribution in [3.05, 3.63) is 59.2 Å². The topological polar surface area (TPSA) is 21.3 Å². The zero-order chi connectivity index (χ0) is 13.8. The lowest BCUT2D eigenvalue weighted by Crippen LogP contribution is -2.04. The van der Waals surface area contributed by atoms with Gasteiger partial charge in [-0.2, -0.15) is 0 Å². The van der Waals surface area contributed by atoms with E-state index in [0.717, 1.165) is 5.56 Å². The molecule has 2 nitrogen and oxygen atoms in total. The number of aryl methyl sites for hydroxylation is 1. The average Bonchev–Trinajstić information content (AvgIpc) is 2.41. The Kier molecular flexibility index (Phi) is 4.00. The molecule has 0 aliphatic rings. The Labute approximate surface area is 111 Å². The van der Waals surface area contributed by atoms with Crippen molar-refractivity contribution in [2.75, 3.05) is 12.4 Å². The van der Waals surface area contributed by atoms with Crippen molar-refractivity contribution in [1.29, 1.82) is 0 Å². The lowest BCUT2D eigenvalue weighted by atomic mass is 10.1. The number of nitrogens with one attached hydrogen (secondary N) is 1. The van der Waals surface area contributed by atoms with E-state index in [1.54, 1.807) is 30.3 Å². The van der Waals surface area contributed by atoms with Crippen molar-refractivity contribution in [3.63, 3.8) is 0 Å². The molecule has 0 heterocycles. The van der Waals surface area contributed by atoms with E-state index < -0.39 is 5.82 Å². The largest absolute Gasteiger partial charge is 0.494 e. The van der Waals surface area contributed by atoms with Crippen molar-refractivity contribution >= 4 is 5.69 Å². The molecule has 2 aromatic carbocycles. The number of hydrogen-bond acceptors (Lipinski definition) is 2. The second kappa shape index (κ2) is 5.69. The van der Waals surface area contributed by atoms with Crippen LogP contribution in [0.25, 0.3) is 0 Å². The highest BCUT2D eigenvalue weighted by molar-refractivity contribution is 5.48. The van der Waals surface area contributed by atoms with Gasteiger partial charge in [0.1, 0.15) is 5.82 Å². The molecule has 0 amide bonds. The highest BCUT2D eigenvalue weighted by Crippen LogP contribution is 2.22. The van der Waals surface area contributed by atoms with E-state index in [1.807, 2.05) is 6.92 Å². The van der Waals surface area contributed by atoms with Crippen molar-refractivity contribution < 1.29 is 13.5 Å². The fraction of sp³-hybridized carbons (Fsp3) is 0.200. The van der Waals surface area contributed by atoms with Crippen molar-refractivity contribution in [2.24, 2.45) is 0 Å². The zero-order valence-electron chi connectivity index (χ0n) is 10.8. The Hall–Kier alpha value is -2.10. The lowest BCUT2D eigenvalue weighted by molar-refractivity contribution is 0.384. The minimum Gasteiger partial charge on any atom is -0.494 e. The molecule has 0 unspecified atom stereocenters. The minimum atomic E-state index is -0.425. The fourth-order valence-electron chi connectivity index (χ4n) is 1.82. The monoisotopic (exact) mass is 263 g/mol. The van der Waals surface area contributed by atoms with Crippen molar-refractivity contribution in [1.82, 2.24) is 0 Å². The Morgan fingerprint density at radius 1 is 1.16 bits per heavy atom. The van der Waals surface area contributed by atoms with E-state index in [1.165, 1.54) is 13.2 Å². The Balaban J connectivity index is 2.17. The van der Waals surface area contributed by atoms with Crippen LogP contribution in [-0.2, 0) is 6.54 Å². The lowest BCUT2D eigenvalue weighted by Gasteiger charge is -2.11. The maximum Gasteiger partial charge on any atom is 0.170 e. The van der Waals surface area contributed by atoms with Crippen LogP contribution < -0.4 is 10.1 Å². The third-order valence-electron chi connectivity index (χ3n) is 2.85. The highest BCUT2D eigenvalue weighted by atomic mass is 19.1. The molecule has 2 aromatic rings. The second-order valence-corrected chi connectivity index (χ2v) is 4.27. The predicted octanol–water partition coefficient (Wildman–Crippen LogP) is 3.89. The van der Waals surface area contributed by atoms with Gasteiger partial charge in [0.2, 0.25) is 0 Å². The van der Waals surface area contributed by atoms with E-state index in [9.17, 15) is 8.78 Å². The van der Waals surface area contributed by atoms with Gasteiger partial charge in [-0.25, -0.2) is 8.78 Å². The van der Waals surface area contributed by atoms with Crippen LogP contribution in [0.3, 0.4) is 0 Å². The molecule has 0 bridgehead atoms. The fourth-order valence-corrected chi connectivity index (χ4v) is 1.82. The number of ether oxygens (including phenoxy) is 1. The average molecular weight is 263 g/mol. The van der Waals surface area contributed by atoms with Crippen LogP contribution in [0, 0.1) is 18.6 Å². The number of methoxy groups -OCH3 is 1.